The second-order valence-corrected chi connectivity index (χ2v) is 8.25. The predicted octanol–water partition coefficient (Wildman–Crippen LogP) is 6.55. The Morgan fingerprint density at radius 3 is 2.62 bits per heavy atom. The van der Waals surface area contributed by atoms with E-state index in [9.17, 15) is 4.79 Å². The molecule has 1 aliphatic heterocycles. The van der Waals surface area contributed by atoms with Gasteiger partial charge in [0.15, 0.2) is 11.5 Å². The van der Waals surface area contributed by atoms with Gasteiger partial charge in [-0.3, -0.25) is 4.79 Å². The Bertz CT molecular complexity index is 1320. The molecule has 0 bridgehead atoms. The van der Waals surface area contributed by atoms with E-state index >= 15 is 0 Å². The summed E-state index contributed by atoms with van der Waals surface area (Å²) in [6.07, 6.45) is 0.379. The van der Waals surface area contributed by atoms with Crippen LogP contribution in [0.15, 0.2) is 78.9 Å². The monoisotopic (exact) mass is 443 g/mol. The number of halogens is 1. The third-order valence-electron chi connectivity index (χ3n) is 5.91. The maximum absolute atomic E-state index is 12.5. The van der Waals surface area contributed by atoms with Crippen LogP contribution in [0.25, 0.3) is 10.8 Å². The Kier molecular flexibility index (Phi) is 5.46. The molecule has 1 heterocycles. The zero-order valence-corrected chi connectivity index (χ0v) is 18.4. The van der Waals surface area contributed by atoms with Gasteiger partial charge in [0, 0.05) is 28.6 Å². The minimum Gasteiger partial charge on any atom is -0.493 e. The number of hydrogen-bond donors (Lipinski definition) is 1. The number of nitrogens with one attached hydrogen (secondary N) is 1. The van der Waals surface area contributed by atoms with Gasteiger partial charge in [0.2, 0.25) is 5.91 Å². The molecule has 0 radical (unpaired) electrons. The largest absolute Gasteiger partial charge is 0.493 e. The normalized spacial score (nSPS) is 15.2. The first-order valence-corrected chi connectivity index (χ1v) is 10.9. The fourth-order valence-corrected chi connectivity index (χ4v) is 4.53. The number of carbonyl (C=O) groups excluding carboxylic acids is 1. The van der Waals surface area contributed by atoms with Crippen molar-refractivity contribution in [2.24, 2.45) is 0 Å². The summed E-state index contributed by atoms with van der Waals surface area (Å²) >= 11 is 6.25. The highest BCUT2D eigenvalue weighted by Crippen LogP contribution is 2.43. The second-order valence-electron chi connectivity index (χ2n) is 7.84. The molecule has 0 aromatic heterocycles. The number of fused-ring (bicyclic) bond motifs is 3. The molecule has 160 valence electrons. The Balaban J connectivity index is 1.51. The van der Waals surface area contributed by atoms with E-state index in [1.54, 1.807) is 7.11 Å². The summed E-state index contributed by atoms with van der Waals surface area (Å²) in [7, 11) is 1.62. The first kappa shape index (κ1) is 20.4. The van der Waals surface area contributed by atoms with Gasteiger partial charge < -0.3 is 14.8 Å². The molecule has 0 saturated heterocycles. The topological polar surface area (TPSA) is 47.6 Å². The van der Waals surface area contributed by atoms with Crippen LogP contribution in [0, 0.1) is 0 Å². The van der Waals surface area contributed by atoms with E-state index in [2.05, 4.69) is 17.4 Å². The number of ether oxygens (including phenoxy) is 2. The lowest BCUT2D eigenvalue weighted by atomic mass is 9.82. The standard InChI is InChI=1S/C27H22ClNO3/c1-31-25-14-18(11-13-24(25)32-16-19-7-3-5-9-22(19)28)21-15-26(30)29-23-12-10-17-6-2-4-8-20(17)27(21)23/h2-14,21H,15-16H2,1H3,(H,29,30). The van der Waals surface area contributed by atoms with Crippen molar-refractivity contribution in [1.29, 1.82) is 0 Å². The maximum atomic E-state index is 12.5. The molecule has 0 saturated carbocycles. The third-order valence-corrected chi connectivity index (χ3v) is 6.28. The number of rotatable bonds is 5. The molecule has 0 spiro atoms. The molecule has 4 nitrogen and oxygen atoms in total. The Hall–Kier alpha value is -3.50. The summed E-state index contributed by atoms with van der Waals surface area (Å²) in [4.78, 5) is 12.5. The SMILES string of the molecule is COc1cc(C2CC(=O)Nc3ccc4ccccc4c32)ccc1OCc1ccccc1Cl. The van der Waals surface area contributed by atoms with Gasteiger partial charge in [-0.1, -0.05) is 66.2 Å². The van der Waals surface area contributed by atoms with Crippen molar-refractivity contribution in [1.82, 2.24) is 0 Å². The summed E-state index contributed by atoms with van der Waals surface area (Å²) in [5.74, 6) is 1.20. The minimum atomic E-state index is -0.0728. The summed E-state index contributed by atoms with van der Waals surface area (Å²) in [6.45, 7) is 0.342. The first-order valence-electron chi connectivity index (χ1n) is 10.5. The molecule has 1 N–H and O–H groups in total. The molecule has 4 aromatic rings. The van der Waals surface area contributed by atoms with Crippen molar-refractivity contribution in [3.8, 4) is 11.5 Å². The zero-order valence-electron chi connectivity index (χ0n) is 17.6. The van der Waals surface area contributed by atoms with E-state index in [0.717, 1.165) is 33.2 Å². The smallest absolute Gasteiger partial charge is 0.225 e. The molecular formula is C27H22ClNO3. The van der Waals surface area contributed by atoms with Gasteiger partial charge in [-0.05, 0) is 46.2 Å². The fraction of sp³-hybridized carbons (Fsp3) is 0.148. The highest BCUT2D eigenvalue weighted by atomic mass is 35.5. The van der Waals surface area contributed by atoms with E-state index in [-0.39, 0.29) is 11.8 Å². The van der Waals surface area contributed by atoms with E-state index < -0.39 is 0 Å². The average Bonchev–Trinajstić information content (AvgIpc) is 2.82. The molecule has 0 fully saturated rings. The number of hydrogen-bond acceptors (Lipinski definition) is 3. The highest BCUT2D eigenvalue weighted by molar-refractivity contribution is 6.31. The van der Waals surface area contributed by atoms with Crippen LogP contribution in [-0.4, -0.2) is 13.0 Å². The van der Waals surface area contributed by atoms with Gasteiger partial charge >= 0.3 is 0 Å². The van der Waals surface area contributed by atoms with E-state index in [1.807, 2.05) is 66.7 Å². The van der Waals surface area contributed by atoms with Crippen molar-refractivity contribution >= 4 is 34.0 Å². The number of anilines is 1. The summed E-state index contributed by atoms with van der Waals surface area (Å²) in [5, 5.41) is 5.99. The van der Waals surface area contributed by atoms with Crippen LogP contribution in [0.5, 0.6) is 11.5 Å². The quantitative estimate of drug-likeness (QED) is 0.380. The summed E-state index contributed by atoms with van der Waals surface area (Å²) in [6, 6.07) is 25.8. The van der Waals surface area contributed by atoms with Crippen molar-refractivity contribution < 1.29 is 14.3 Å². The van der Waals surface area contributed by atoms with E-state index in [0.29, 0.717) is 29.5 Å². The molecule has 1 atom stereocenters. The van der Waals surface area contributed by atoms with Crippen molar-refractivity contribution in [3.05, 3.63) is 101 Å². The van der Waals surface area contributed by atoms with E-state index in [1.165, 1.54) is 0 Å². The molecule has 32 heavy (non-hydrogen) atoms. The van der Waals surface area contributed by atoms with Crippen LogP contribution < -0.4 is 14.8 Å². The van der Waals surface area contributed by atoms with Gasteiger partial charge in [0.1, 0.15) is 6.61 Å². The van der Waals surface area contributed by atoms with Crippen LogP contribution in [0.4, 0.5) is 5.69 Å². The van der Waals surface area contributed by atoms with Crippen LogP contribution in [0.1, 0.15) is 29.0 Å². The lowest BCUT2D eigenvalue weighted by Crippen LogP contribution is -2.23. The minimum absolute atomic E-state index is 0.00999. The lowest BCUT2D eigenvalue weighted by molar-refractivity contribution is -0.116. The number of benzene rings is 4. The van der Waals surface area contributed by atoms with Gasteiger partial charge in [-0.25, -0.2) is 0 Å². The predicted molar refractivity (Wildman–Crippen MR) is 128 cm³/mol. The van der Waals surface area contributed by atoms with Crippen LogP contribution in [-0.2, 0) is 11.4 Å². The molecule has 1 amide bonds. The number of carbonyl (C=O) groups is 1. The third kappa shape index (κ3) is 3.78. The van der Waals surface area contributed by atoms with Gasteiger partial charge in [-0.2, -0.15) is 0 Å². The van der Waals surface area contributed by atoms with Gasteiger partial charge in [0.25, 0.3) is 0 Å². The molecular weight excluding hydrogens is 422 g/mol. The van der Waals surface area contributed by atoms with Gasteiger partial charge in [0.05, 0.1) is 7.11 Å². The fourth-order valence-electron chi connectivity index (χ4n) is 4.34. The number of amides is 1. The zero-order chi connectivity index (χ0) is 22.1. The van der Waals surface area contributed by atoms with Crippen molar-refractivity contribution in [2.45, 2.75) is 18.9 Å². The average molecular weight is 444 g/mol. The molecule has 5 rings (SSSR count). The Labute approximate surface area is 191 Å². The van der Waals surface area contributed by atoms with Crippen molar-refractivity contribution in [2.75, 3.05) is 12.4 Å². The molecule has 0 aliphatic carbocycles. The Morgan fingerprint density at radius 1 is 0.969 bits per heavy atom. The first-order chi connectivity index (χ1) is 15.6. The molecule has 5 heteroatoms. The van der Waals surface area contributed by atoms with Crippen molar-refractivity contribution in [3.63, 3.8) is 0 Å². The van der Waals surface area contributed by atoms with Crippen LogP contribution in [0.2, 0.25) is 5.02 Å². The summed E-state index contributed by atoms with van der Waals surface area (Å²) < 4.78 is 11.6. The lowest BCUT2D eigenvalue weighted by Gasteiger charge is -2.28. The second kappa shape index (κ2) is 8.56. The van der Waals surface area contributed by atoms with E-state index in [4.69, 9.17) is 21.1 Å². The van der Waals surface area contributed by atoms with Crippen LogP contribution in [0.3, 0.4) is 0 Å². The maximum Gasteiger partial charge on any atom is 0.225 e. The van der Waals surface area contributed by atoms with Crippen LogP contribution >= 0.6 is 11.6 Å². The molecule has 1 unspecified atom stereocenters. The highest BCUT2D eigenvalue weighted by Gasteiger charge is 2.29. The Morgan fingerprint density at radius 2 is 1.78 bits per heavy atom. The van der Waals surface area contributed by atoms with Gasteiger partial charge in [-0.15, -0.1) is 0 Å². The molecule has 1 aliphatic rings. The molecule has 4 aromatic carbocycles. The number of methoxy groups -OCH3 is 1. The summed E-state index contributed by atoms with van der Waals surface area (Å²) in [5.41, 5.74) is 3.92.